The molecule has 2 N–H and O–H groups in total. The monoisotopic (exact) mass is 353 g/mol. The van der Waals surface area contributed by atoms with E-state index in [4.69, 9.17) is 0 Å². The largest absolute Gasteiger partial charge is 0.396 e. The van der Waals surface area contributed by atoms with Gasteiger partial charge in [0.1, 0.15) is 11.1 Å². The summed E-state index contributed by atoms with van der Waals surface area (Å²) in [6.45, 7) is 0.175. The van der Waals surface area contributed by atoms with Gasteiger partial charge in [-0.15, -0.1) is 11.3 Å². The molecule has 0 aliphatic heterocycles. The number of pyridine rings is 1. The summed E-state index contributed by atoms with van der Waals surface area (Å²) in [5, 5.41) is 22.6. The number of thiophene rings is 1. The number of rotatable bonds is 4. The molecule has 2 heterocycles. The number of nitriles is 1. The van der Waals surface area contributed by atoms with Crippen molar-refractivity contribution in [1.82, 2.24) is 4.98 Å². The van der Waals surface area contributed by atoms with E-state index in [0.29, 0.717) is 10.6 Å². The molecular weight excluding hydrogens is 334 g/mol. The Kier molecular flexibility index (Phi) is 4.28. The minimum atomic E-state index is -0.0641. The molecule has 0 spiro atoms. The Morgan fingerprint density at radius 1 is 1.48 bits per heavy atom. The van der Waals surface area contributed by atoms with Gasteiger partial charge < -0.3 is 10.4 Å². The van der Waals surface area contributed by atoms with E-state index in [-0.39, 0.29) is 30.3 Å². The highest BCUT2D eigenvalue weighted by atomic mass is 32.1. The fourth-order valence-corrected chi connectivity index (χ4v) is 4.94. The van der Waals surface area contributed by atoms with Crippen LogP contribution in [0.15, 0.2) is 24.4 Å². The molecule has 0 saturated heterocycles. The van der Waals surface area contributed by atoms with E-state index in [9.17, 15) is 15.2 Å². The molecule has 5 nitrogen and oxygen atoms in total. The van der Waals surface area contributed by atoms with Gasteiger partial charge >= 0.3 is 0 Å². The Morgan fingerprint density at radius 2 is 2.36 bits per heavy atom. The lowest BCUT2D eigenvalue weighted by atomic mass is 9.88. The van der Waals surface area contributed by atoms with Crippen LogP contribution < -0.4 is 5.32 Å². The maximum Gasteiger partial charge on any atom is 0.228 e. The summed E-state index contributed by atoms with van der Waals surface area (Å²) in [7, 11) is 0. The molecule has 0 radical (unpaired) electrons. The Bertz CT molecular complexity index is 840. The highest BCUT2D eigenvalue weighted by Crippen LogP contribution is 2.48. The summed E-state index contributed by atoms with van der Waals surface area (Å²) in [5.74, 6) is 0.355. The third-order valence-corrected chi connectivity index (χ3v) is 6.34. The zero-order valence-electron chi connectivity index (χ0n) is 13.7. The predicted molar refractivity (Wildman–Crippen MR) is 95.3 cm³/mol. The van der Waals surface area contributed by atoms with Crippen molar-refractivity contribution in [1.29, 1.82) is 5.26 Å². The molecule has 128 valence electrons. The lowest BCUT2D eigenvalue weighted by molar-refractivity contribution is -0.117. The van der Waals surface area contributed by atoms with Crippen LogP contribution >= 0.6 is 11.3 Å². The summed E-state index contributed by atoms with van der Waals surface area (Å²) in [5.41, 5.74) is 2.63. The summed E-state index contributed by atoms with van der Waals surface area (Å²) in [6, 6.07) is 8.03. The second kappa shape index (κ2) is 6.58. The Morgan fingerprint density at radius 3 is 3.08 bits per heavy atom. The molecule has 2 aromatic rings. The fourth-order valence-electron chi connectivity index (χ4n) is 3.63. The van der Waals surface area contributed by atoms with Gasteiger partial charge in [0, 0.05) is 35.2 Å². The average Bonchev–Trinajstić information content (AvgIpc) is 3.38. The number of anilines is 1. The number of amides is 1. The zero-order chi connectivity index (χ0) is 17.4. The molecule has 25 heavy (non-hydrogen) atoms. The molecule has 0 bridgehead atoms. The third-order valence-electron chi connectivity index (χ3n) is 5.17. The zero-order valence-corrected chi connectivity index (χ0v) is 14.6. The van der Waals surface area contributed by atoms with Crippen LogP contribution in [-0.2, 0) is 17.6 Å². The molecule has 2 aliphatic rings. The summed E-state index contributed by atoms with van der Waals surface area (Å²) < 4.78 is 0. The first-order valence-electron chi connectivity index (χ1n) is 8.58. The van der Waals surface area contributed by atoms with Crippen molar-refractivity contribution in [3.8, 4) is 6.07 Å². The number of nitrogens with one attached hydrogen (secondary N) is 1. The van der Waals surface area contributed by atoms with Gasteiger partial charge in [-0.25, -0.2) is 0 Å². The number of hydrogen-bond donors (Lipinski definition) is 2. The third kappa shape index (κ3) is 3.06. The van der Waals surface area contributed by atoms with Gasteiger partial charge in [-0.2, -0.15) is 5.26 Å². The fraction of sp³-hybridized carbons (Fsp3) is 0.421. The topological polar surface area (TPSA) is 86.0 Å². The number of nitrogens with zero attached hydrogens (tertiary/aromatic N) is 2. The van der Waals surface area contributed by atoms with E-state index >= 15 is 0 Å². The van der Waals surface area contributed by atoms with Crippen LogP contribution in [0.5, 0.6) is 0 Å². The Balaban J connectivity index is 1.49. The van der Waals surface area contributed by atoms with E-state index in [2.05, 4.69) is 16.4 Å². The molecule has 1 saturated carbocycles. The molecule has 0 aromatic carbocycles. The minimum absolute atomic E-state index is 0.0236. The summed E-state index contributed by atoms with van der Waals surface area (Å²) in [4.78, 5) is 18.0. The molecular formula is C19H19N3O2S. The Hall–Kier alpha value is -2.23. The van der Waals surface area contributed by atoms with Gasteiger partial charge in [0.15, 0.2) is 0 Å². The normalized spacial score (nSPS) is 24.2. The van der Waals surface area contributed by atoms with Crippen molar-refractivity contribution < 1.29 is 9.90 Å². The first-order valence-corrected chi connectivity index (χ1v) is 9.40. The lowest BCUT2D eigenvalue weighted by Gasteiger charge is -2.19. The number of aromatic nitrogens is 1. The van der Waals surface area contributed by atoms with Crippen LogP contribution in [0.4, 0.5) is 5.00 Å². The molecule has 1 fully saturated rings. The lowest BCUT2D eigenvalue weighted by Crippen LogP contribution is -2.16. The minimum Gasteiger partial charge on any atom is -0.396 e. The van der Waals surface area contributed by atoms with E-state index in [0.717, 1.165) is 41.8 Å². The van der Waals surface area contributed by atoms with Crippen LogP contribution in [-0.4, -0.2) is 22.6 Å². The first kappa shape index (κ1) is 16.2. The number of carbonyl (C=O) groups excluding carboxylic acids is 1. The van der Waals surface area contributed by atoms with E-state index in [1.165, 1.54) is 11.3 Å². The van der Waals surface area contributed by atoms with Gasteiger partial charge in [-0.1, -0.05) is 6.07 Å². The highest BCUT2D eigenvalue weighted by molar-refractivity contribution is 7.16. The second-order valence-electron chi connectivity index (χ2n) is 6.80. The van der Waals surface area contributed by atoms with E-state index < -0.39 is 0 Å². The van der Waals surface area contributed by atoms with Crippen LogP contribution in [0.25, 0.3) is 0 Å². The number of carbonyl (C=O) groups is 1. The Labute approximate surface area is 150 Å². The van der Waals surface area contributed by atoms with Crippen molar-refractivity contribution in [2.45, 2.75) is 31.6 Å². The highest BCUT2D eigenvalue weighted by Gasteiger charge is 2.45. The molecule has 3 unspecified atom stereocenters. The smallest absolute Gasteiger partial charge is 0.228 e. The molecule has 1 amide bonds. The van der Waals surface area contributed by atoms with Crippen LogP contribution in [0.1, 0.15) is 40.5 Å². The number of aliphatic hydroxyl groups excluding tert-OH is 1. The van der Waals surface area contributed by atoms with Crippen molar-refractivity contribution in [2.24, 2.45) is 11.8 Å². The molecule has 3 atom stereocenters. The first-order chi connectivity index (χ1) is 12.2. The van der Waals surface area contributed by atoms with Gasteiger partial charge in [0.05, 0.1) is 5.56 Å². The molecule has 6 heteroatoms. The SMILES string of the molecule is N#Cc1c(NC(=O)C2CC2c2ccccn2)sc2c1CCC(CO)C2. The standard InChI is InChI=1S/C19H19N3O2S/c20-9-15-12-5-4-11(10-23)7-17(12)25-19(15)22-18(24)14-8-13(14)16-3-1-2-6-21-16/h1-3,6,11,13-14,23H,4-5,7-8,10H2,(H,22,24). The van der Waals surface area contributed by atoms with Crippen LogP contribution in [0, 0.1) is 23.2 Å². The summed E-state index contributed by atoms with van der Waals surface area (Å²) >= 11 is 1.50. The maximum absolute atomic E-state index is 12.6. The maximum atomic E-state index is 12.6. The van der Waals surface area contributed by atoms with Crippen molar-refractivity contribution >= 4 is 22.2 Å². The van der Waals surface area contributed by atoms with Gasteiger partial charge in [-0.05, 0) is 49.3 Å². The van der Waals surface area contributed by atoms with Crippen molar-refractivity contribution in [3.05, 3.63) is 46.1 Å². The molecule has 2 aliphatic carbocycles. The summed E-state index contributed by atoms with van der Waals surface area (Å²) in [6.07, 6.45) is 5.05. The number of hydrogen-bond acceptors (Lipinski definition) is 5. The number of aliphatic hydroxyl groups is 1. The van der Waals surface area contributed by atoms with Crippen molar-refractivity contribution in [3.63, 3.8) is 0 Å². The second-order valence-corrected chi connectivity index (χ2v) is 7.91. The van der Waals surface area contributed by atoms with Crippen LogP contribution in [0.2, 0.25) is 0 Å². The molecule has 4 rings (SSSR count). The van der Waals surface area contributed by atoms with Crippen molar-refractivity contribution in [2.75, 3.05) is 11.9 Å². The predicted octanol–water partition coefficient (Wildman–Crippen LogP) is 2.85. The molecule has 2 aromatic heterocycles. The van der Waals surface area contributed by atoms with Gasteiger partial charge in [-0.3, -0.25) is 9.78 Å². The van der Waals surface area contributed by atoms with Gasteiger partial charge in [0.2, 0.25) is 5.91 Å². The average molecular weight is 353 g/mol. The number of fused-ring (bicyclic) bond motifs is 1. The van der Waals surface area contributed by atoms with E-state index in [1.54, 1.807) is 6.20 Å². The van der Waals surface area contributed by atoms with E-state index in [1.807, 2.05) is 18.2 Å². The van der Waals surface area contributed by atoms with Gasteiger partial charge in [0.25, 0.3) is 0 Å². The van der Waals surface area contributed by atoms with Crippen LogP contribution in [0.3, 0.4) is 0 Å². The quantitative estimate of drug-likeness (QED) is 0.885.